The Bertz CT molecular complexity index is 433. The van der Waals surface area contributed by atoms with Gasteiger partial charge in [0.1, 0.15) is 11.6 Å². The first-order chi connectivity index (χ1) is 8.22. The van der Waals surface area contributed by atoms with Gasteiger partial charge in [-0.2, -0.15) is 0 Å². The van der Waals surface area contributed by atoms with E-state index in [1.807, 2.05) is 6.92 Å². The van der Waals surface area contributed by atoms with Crippen LogP contribution in [0.5, 0.6) is 0 Å². The zero-order valence-electron chi connectivity index (χ0n) is 9.67. The summed E-state index contributed by atoms with van der Waals surface area (Å²) in [4.78, 5) is 0. The van der Waals surface area contributed by atoms with Crippen LogP contribution in [0.4, 0.5) is 4.39 Å². The van der Waals surface area contributed by atoms with Gasteiger partial charge in [-0.05, 0) is 30.3 Å². The summed E-state index contributed by atoms with van der Waals surface area (Å²) in [5.74, 6) is 0.501. The van der Waals surface area contributed by atoms with Crippen molar-refractivity contribution in [3.05, 3.63) is 46.4 Å². The van der Waals surface area contributed by atoms with Crippen LogP contribution < -0.4 is 5.32 Å². The number of likely N-dealkylation sites (N-methyl/N-ethyl adjacent to an activating group) is 1. The molecule has 1 N–H and O–H groups in total. The molecule has 0 saturated carbocycles. The minimum atomic E-state index is -0.396. The van der Waals surface area contributed by atoms with E-state index in [4.69, 9.17) is 16.3 Å². The second kappa shape index (κ2) is 5.52. The molecule has 0 fully saturated rings. The summed E-state index contributed by atoms with van der Waals surface area (Å²) in [5, 5.41) is 3.46. The second-order valence-corrected chi connectivity index (χ2v) is 4.32. The first-order valence-electron chi connectivity index (χ1n) is 5.73. The Balaban J connectivity index is 2.28. The molecular weight excluding hydrogens is 241 g/mol. The lowest BCUT2D eigenvalue weighted by molar-refractivity contribution is 0.216. The molecule has 1 aromatic carbocycles. The molecule has 2 nitrogen and oxygen atoms in total. The summed E-state index contributed by atoms with van der Waals surface area (Å²) in [7, 11) is 0. The van der Waals surface area contributed by atoms with Crippen LogP contribution in [-0.4, -0.2) is 13.2 Å². The zero-order valence-corrected chi connectivity index (χ0v) is 10.4. The summed E-state index contributed by atoms with van der Waals surface area (Å²) in [6.45, 7) is 3.54. The van der Waals surface area contributed by atoms with Crippen LogP contribution in [0, 0.1) is 5.82 Å². The van der Waals surface area contributed by atoms with E-state index in [0.29, 0.717) is 6.61 Å². The molecule has 0 aliphatic carbocycles. The molecule has 0 amide bonds. The molecular formula is C13H15ClFNO. The van der Waals surface area contributed by atoms with Gasteiger partial charge in [-0.15, -0.1) is 0 Å². The maximum atomic E-state index is 13.1. The normalized spacial score (nSPS) is 16.5. The summed E-state index contributed by atoms with van der Waals surface area (Å²) >= 11 is 5.80. The summed E-state index contributed by atoms with van der Waals surface area (Å²) in [6, 6.07) is 4.72. The molecule has 1 aromatic rings. The van der Waals surface area contributed by atoms with Gasteiger partial charge >= 0.3 is 0 Å². The van der Waals surface area contributed by atoms with Crippen molar-refractivity contribution in [2.24, 2.45) is 0 Å². The Morgan fingerprint density at radius 2 is 2.35 bits per heavy atom. The third-order valence-electron chi connectivity index (χ3n) is 2.70. The molecule has 1 heterocycles. The Labute approximate surface area is 105 Å². The highest BCUT2D eigenvalue weighted by Gasteiger charge is 2.20. The van der Waals surface area contributed by atoms with Crippen molar-refractivity contribution in [1.82, 2.24) is 5.32 Å². The highest BCUT2D eigenvalue weighted by molar-refractivity contribution is 6.30. The smallest absolute Gasteiger partial charge is 0.141 e. The van der Waals surface area contributed by atoms with Crippen LogP contribution in [0.2, 0.25) is 5.02 Å². The van der Waals surface area contributed by atoms with Crippen LogP contribution in [-0.2, 0) is 4.74 Å². The highest BCUT2D eigenvalue weighted by Crippen LogP contribution is 2.28. The molecule has 1 aliphatic rings. The Kier molecular flexibility index (Phi) is 4.02. The van der Waals surface area contributed by atoms with E-state index in [-0.39, 0.29) is 11.1 Å². The minimum Gasteiger partial charge on any atom is -0.496 e. The number of hydrogen-bond acceptors (Lipinski definition) is 2. The standard InChI is InChI=1S/C13H15ClFNO/c1-2-16-13(12-4-3-7-17-12)9-5-6-11(15)10(14)8-9/h4-6,8,13,16H,2-3,7H2,1H3. The van der Waals surface area contributed by atoms with Crippen molar-refractivity contribution >= 4 is 11.6 Å². The van der Waals surface area contributed by atoms with Gasteiger partial charge in [-0.25, -0.2) is 4.39 Å². The third kappa shape index (κ3) is 2.79. The van der Waals surface area contributed by atoms with Gasteiger partial charge in [-0.3, -0.25) is 0 Å². The van der Waals surface area contributed by atoms with Gasteiger partial charge in [-0.1, -0.05) is 24.6 Å². The number of halogens is 2. The molecule has 0 spiro atoms. The average Bonchev–Trinajstić information content (AvgIpc) is 2.83. The van der Waals surface area contributed by atoms with Crippen molar-refractivity contribution in [2.45, 2.75) is 19.4 Å². The van der Waals surface area contributed by atoms with E-state index in [9.17, 15) is 4.39 Å². The lowest BCUT2D eigenvalue weighted by Gasteiger charge is -2.19. The lowest BCUT2D eigenvalue weighted by atomic mass is 10.0. The van der Waals surface area contributed by atoms with Crippen LogP contribution in [0.25, 0.3) is 0 Å². The number of nitrogens with one attached hydrogen (secondary N) is 1. The summed E-state index contributed by atoms with van der Waals surface area (Å²) < 4.78 is 18.7. The Morgan fingerprint density at radius 3 is 2.94 bits per heavy atom. The van der Waals surface area contributed by atoms with Gasteiger partial charge in [0.2, 0.25) is 0 Å². The predicted octanol–water partition coefficient (Wildman–Crippen LogP) is 3.43. The fourth-order valence-corrected chi connectivity index (χ4v) is 2.11. The van der Waals surface area contributed by atoms with Crippen molar-refractivity contribution in [3.63, 3.8) is 0 Å². The minimum absolute atomic E-state index is 0.0411. The third-order valence-corrected chi connectivity index (χ3v) is 2.99. The van der Waals surface area contributed by atoms with E-state index in [0.717, 1.165) is 24.3 Å². The van der Waals surface area contributed by atoms with Crippen LogP contribution in [0.15, 0.2) is 30.0 Å². The van der Waals surface area contributed by atoms with E-state index in [1.165, 1.54) is 6.07 Å². The maximum Gasteiger partial charge on any atom is 0.141 e. The van der Waals surface area contributed by atoms with E-state index in [2.05, 4.69) is 11.4 Å². The first-order valence-corrected chi connectivity index (χ1v) is 6.11. The van der Waals surface area contributed by atoms with Gasteiger partial charge in [0.15, 0.2) is 0 Å². The first kappa shape index (κ1) is 12.4. The van der Waals surface area contributed by atoms with Crippen LogP contribution in [0.3, 0.4) is 0 Å². The molecule has 0 saturated heterocycles. The zero-order chi connectivity index (χ0) is 12.3. The predicted molar refractivity (Wildman–Crippen MR) is 66.5 cm³/mol. The number of ether oxygens (including phenoxy) is 1. The second-order valence-electron chi connectivity index (χ2n) is 3.91. The van der Waals surface area contributed by atoms with E-state index in [1.54, 1.807) is 12.1 Å². The van der Waals surface area contributed by atoms with Crippen molar-refractivity contribution in [2.75, 3.05) is 13.2 Å². The van der Waals surface area contributed by atoms with Gasteiger partial charge in [0.05, 0.1) is 17.7 Å². The maximum absolute atomic E-state index is 13.1. The van der Waals surface area contributed by atoms with Crippen molar-refractivity contribution in [3.8, 4) is 0 Å². The molecule has 1 unspecified atom stereocenters. The highest BCUT2D eigenvalue weighted by atomic mass is 35.5. The quantitative estimate of drug-likeness (QED) is 0.890. The fraction of sp³-hybridized carbons (Fsp3) is 0.385. The van der Waals surface area contributed by atoms with Gasteiger partial charge < -0.3 is 10.1 Å². The molecule has 0 radical (unpaired) electrons. The average molecular weight is 256 g/mol. The monoisotopic (exact) mass is 255 g/mol. The Hall–Kier alpha value is -1.06. The van der Waals surface area contributed by atoms with Crippen molar-refractivity contribution < 1.29 is 9.13 Å². The molecule has 2 rings (SSSR count). The van der Waals surface area contributed by atoms with Gasteiger partial charge in [0, 0.05) is 6.42 Å². The molecule has 92 valence electrons. The van der Waals surface area contributed by atoms with Crippen LogP contribution >= 0.6 is 11.6 Å². The molecule has 1 aliphatic heterocycles. The summed E-state index contributed by atoms with van der Waals surface area (Å²) in [5.41, 5.74) is 0.923. The number of benzene rings is 1. The molecule has 1 atom stereocenters. The SMILES string of the molecule is CCNC(C1=CCCO1)c1ccc(F)c(Cl)c1. The molecule has 0 bridgehead atoms. The largest absolute Gasteiger partial charge is 0.496 e. The van der Waals surface area contributed by atoms with Crippen molar-refractivity contribution in [1.29, 1.82) is 0 Å². The van der Waals surface area contributed by atoms with E-state index < -0.39 is 5.82 Å². The fourth-order valence-electron chi connectivity index (χ4n) is 1.92. The van der Waals surface area contributed by atoms with Crippen LogP contribution in [0.1, 0.15) is 24.9 Å². The number of hydrogen-bond donors (Lipinski definition) is 1. The topological polar surface area (TPSA) is 21.3 Å². The molecule has 4 heteroatoms. The molecule has 17 heavy (non-hydrogen) atoms. The van der Waals surface area contributed by atoms with E-state index >= 15 is 0 Å². The molecule has 0 aromatic heterocycles. The van der Waals surface area contributed by atoms with Gasteiger partial charge in [0.25, 0.3) is 0 Å². The Morgan fingerprint density at radius 1 is 1.53 bits per heavy atom. The summed E-state index contributed by atoms with van der Waals surface area (Å²) in [6.07, 6.45) is 2.98. The number of rotatable bonds is 4. The lowest BCUT2D eigenvalue weighted by Crippen LogP contribution is -2.23.